The first kappa shape index (κ1) is 10.7. The molecule has 0 aliphatic heterocycles. The molecule has 2 rings (SSSR count). The molecule has 0 spiro atoms. The second kappa shape index (κ2) is 3.65. The Balaban J connectivity index is 2.60. The molecule has 1 aliphatic carbocycles. The summed E-state index contributed by atoms with van der Waals surface area (Å²) in [6.07, 6.45) is 3.27. The van der Waals surface area contributed by atoms with Crippen molar-refractivity contribution in [2.75, 3.05) is 7.11 Å². The first-order chi connectivity index (χ1) is 7.63. The zero-order valence-corrected chi connectivity index (χ0v) is 9.28. The average molecular weight is 219 g/mol. The second-order valence-corrected chi connectivity index (χ2v) is 4.07. The van der Waals surface area contributed by atoms with Crippen LogP contribution in [0.1, 0.15) is 24.0 Å². The summed E-state index contributed by atoms with van der Waals surface area (Å²) in [5, 5.41) is 9.48. The van der Waals surface area contributed by atoms with E-state index in [0.717, 1.165) is 24.0 Å². The first-order valence-corrected chi connectivity index (χ1v) is 5.10. The molecule has 0 radical (unpaired) electrons. The largest absolute Gasteiger partial charge is 0.508 e. The third-order valence-corrected chi connectivity index (χ3v) is 2.95. The van der Waals surface area contributed by atoms with Crippen molar-refractivity contribution in [2.24, 2.45) is 4.99 Å². The van der Waals surface area contributed by atoms with Gasteiger partial charge in [0.25, 0.3) is 0 Å². The van der Waals surface area contributed by atoms with Crippen LogP contribution in [0.4, 0.5) is 0 Å². The topological polar surface area (TPSA) is 58.9 Å². The monoisotopic (exact) mass is 219 g/mol. The average Bonchev–Trinajstić information content (AvgIpc) is 2.97. The highest BCUT2D eigenvalue weighted by Crippen LogP contribution is 2.54. The van der Waals surface area contributed by atoms with Gasteiger partial charge in [-0.1, -0.05) is 0 Å². The highest BCUT2D eigenvalue weighted by molar-refractivity contribution is 5.53. The number of aliphatic imine (C=N–C) groups is 1. The molecular weight excluding hydrogens is 206 g/mol. The number of nitrogens with zero attached hydrogens (tertiary/aromatic N) is 1. The van der Waals surface area contributed by atoms with Crippen LogP contribution in [0.25, 0.3) is 0 Å². The summed E-state index contributed by atoms with van der Waals surface area (Å²) in [4.78, 5) is 14.3. The van der Waals surface area contributed by atoms with Gasteiger partial charge in [-0.3, -0.25) is 0 Å². The van der Waals surface area contributed by atoms with Crippen LogP contribution in [-0.2, 0) is 10.3 Å². The maximum atomic E-state index is 10.4. The molecule has 4 heteroatoms. The Morgan fingerprint density at radius 2 is 2.19 bits per heavy atom. The lowest BCUT2D eigenvalue weighted by Crippen LogP contribution is -2.07. The molecule has 1 saturated carbocycles. The summed E-state index contributed by atoms with van der Waals surface area (Å²) in [6, 6.07) is 3.20. The van der Waals surface area contributed by atoms with Gasteiger partial charge in [0.15, 0.2) is 0 Å². The molecule has 1 aromatic carbocycles. The van der Waals surface area contributed by atoms with Crippen LogP contribution in [-0.4, -0.2) is 18.3 Å². The Morgan fingerprint density at radius 3 is 2.69 bits per heavy atom. The van der Waals surface area contributed by atoms with Gasteiger partial charge in [-0.25, -0.2) is 4.79 Å². The summed E-state index contributed by atoms with van der Waals surface area (Å²) in [5.41, 5.74) is 1.30. The summed E-state index contributed by atoms with van der Waals surface area (Å²) in [5.74, 6) is 0.734. The molecule has 0 amide bonds. The minimum Gasteiger partial charge on any atom is -0.508 e. The van der Waals surface area contributed by atoms with Crippen LogP contribution >= 0.6 is 0 Å². The number of phenolic OH excluding ortho intramolecular Hbond substituents is 1. The Bertz CT molecular complexity index is 471. The Labute approximate surface area is 93.6 Å². The maximum Gasteiger partial charge on any atom is 0.235 e. The minimum absolute atomic E-state index is 0.156. The number of rotatable bonds is 3. The fraction of sp³-hybridized carbons (Fsp3) is 0.417. The molecule has 0 unspecified atom stereocenters. The lowest BCUT2D eigenvalue weighted by Gasteiger charge is -2.16. The van der Waals surface area contributed by atoms with Crippen LogP contribution in [0, 0.1) is 6.92 Å². The van der Waals surface area contributed by atoms with Gasteiger partial charge < -0.3 is 9.84 Å². The molecule has 4 nitrogen and oxygen atoms in total. The number of hydrogen-bond donors (Lipinski definition) is 1. The first-order valence-electron chi connectivity index (χ1n) is 5.10. The van der Waals surface area contributed by atoms with E-state index in [1.165, 1.54) is 0 Å². The smallest absolute Gasteiger partial charge is 0.235 e. The van der Waals surface area contributed by atoms with Crippen molar-refractivity contribution >= 4 is 6.08 Å². The molecule has 0 heterocycles. The van der Waals surface area contributed by atoms with Gasteiger partial charge in [-0.2, -0.15) is 4.99 Å². The third kappa shape index (κ3) is 1.57. The second-order valence-electron chi connectivity index (χ2n) is 4.07. The number of ether oxygens (including phenoxy) is 1. The molecular formula is C12H13NO3. The molecule has 0 atom stereocenters. The van der Waals surface area contributed by atoms with Crippen molar-refractivity contribution < 1.29 is 14.6 Å². The van der Waals surface area contributed by atoms with Gasteiger partial charge in [0.05, 0.1) is 7.11 Å². The fourth-order valence-electron chi connectivity index (χ4n) is 2.12. The van der Waals surface area contributed by atoms with E-state index in [-0.39, 0.29) is 5.75 Å². The Kier molecular flexibility index (Phi) is 2.44. The Hall–Kier alpha value is -1.80. The van der Waals surface area contributed by atoms with E-state index >= 15 is 0 Å². The van der Waals surface area contributed by atoms with E-state index in [9.17, 15) is 9.90 Å². The maximum absolute atomic E-state index is 10.4. The van der Waals surface area contributed by atoms with E-state index in [1.54, 1.807) is 25.3 Å². The van der Waals surface area contributed by atoms with E-state index in [4.69, 9.17) is 4.74 Å². The Morgan fingerprint density at radius 1 is 1.50 bits per heavy atom. The van der Waals surface area contributed by atoms with E-state index in [0.29, 0.717) is 5.75 Å². The van der Waals surface area contributed by atoms with Crippen LogP contribution in [0.5, 0.6) is 11.5 Å². The van der Waals surface area contributed by atoms with Crippen molar-refractivity contribution in [3.8, 4) is 11.5 Å². The molecule has 1 aliphatic rings. The van der Waals surface area contributed by atoms with E-state index in [1.807, 2.05) is 6.92 Å². The van der Waals surface area contributed by atoms with Crippen molar-refractivity contribution in [3.05, 3.63) is 23.3 Å². The molecule has 1 aromatic rings. The number of carbonyl (C=O) groups excluding carboxylic acids is 1. The van der Waals surface area contributed by atoms with Crippen LogP contribution in [0.2, 0.25) is 0 Å². The van der Waals surface area contributed by atoms with E-state index < -0.39 is 5.54 Å². The predicted octanol–water partition coefficient (Wildman–Crippen LogP) is 2.03. The number of isocyanates is 1. The minimum atomic E-state index is -0.467. The highest BCUT2D eigenvalue weighted by atomic mass is 16.5. The van der Waals surface area contributed by atoms with Crippen LogP contribution in [0.15, 0.2) is 17.1 Å². The summed E-state index contributed by atoms with van der Waals surface area (Å²) < 4.78 is 5.23. The molecule has 84 valence electrons. The van der Waals surface area contributed by atoms with Crippen molar-refractivity contribution in [2.45, 2.75) is 25.3 Å². The van der Waals surface area contributed by atoms with Gasteiger partial charge in [0.1, 0.15) is 17.0 Å². The standard InChI is InChI=1S/C12H13NO3/c1-8-5-9(15)6-10(16-2)11(8)12(3-4-12)13-7-14/h5-6,15H,3-4H2,1-2H3. The van der Waals surface area contributed by atoms with E-state index in [2.05, 4.69) is 4.99 Å². The molecule has 1 N–H and O–H groups in total. The van der Waals surface area contributed by atoms with Crippen LogP contribution in [0.3, 0.4) is 0 Å². The molecule has 16 heavy (non-hydrogen) atoms. The van der Waals surface area contributed by atoms with Crippen molar-refractivity contribution in [3.63, 3.8) is 0 Å². The third-order valence-electron chi connectivity index (χ3n) is 2.95. The molecule has 0 bridgehead atoms. The van der Waals surface area contributed by atoms with Crippen molar-refractivity contribution in [1.29, 1.82) is 0 Å². The quantitative estimate of drug-likeness (QED) is 0.625. The number of benzene rings is 1. The summed E-state index contributed by atoms with van der Waals surface area (Å²) >= 11 is 0. The highest BCUT2D eigenvalue weighted by Gasteiger charge is 2.47. The number of phenols is 1. The SMILES string of the molecule is COc1cc(O)cc(C)c1C1(N=C=O)CC1. The number of aryl methyl sites for hydroxylation is 1. The van der Waals surface area contributed by atoms with Gasteiger partial charge in [0, 0.05) is 11.6 Å². The molecule has 0 aromatic heterocycles. The fourth-order valence-corrected chi connectivity index (χ4v) is 2.12. The summed E-state index contributed by atoms with van der Waals surface area (Å²) in [6.45, 7) is 1.87. The molecule has 0 saturated heterocycles. The summed E-state index contributed by atoms with van der Waals surface area (Å²) in [7, 11) is 1.54. The van der Waals surface area contributed by atoms with Gasteiger partial charge >= 0.3 is 0 Å². The van der Waals surface area contributed by atoms with Crippen LogP contribution < -0.4 is 4.74 Å². The molecule has 1 fully saturated rings. The lowest BCUT2D eigenvalue weighted by atomic mass is 9.98. The lowest BCUT2D eigenvalue weighted by molar-refractivity contribution is 0.397. The predicted molar refractivity (Wildman–Crippen MR) is 58.4 cm³/mol. The number of hydrogen-bond acceptors (Lipinski definition) is 4. The number of methoxy groups -OCH3 is 1. The zero-order chi connectivity index (χ0) is 11.8. The normalized spacial score (nSPS) is 16.4. The van der Waals surface area contributed by atoms with Gasteiger partial charge in [-0.15, -0.1) is 0 Å². The zero-order valence-electron chi connectivity index (χ0n) is 9.28. The number of aromatic hydroxyl groups is 1. The van der Waals surface area contributed by atoms with Gasteiger partial charge in [-0.05, 0) is 31.4 Å². The van der Waals surface area contributed by atoms with Gasteiger partial charge in [0.2, 0.25) is 6.08 Å². The van der Waals surface area contributed by atoms with Crippen molar-refractivity contribution in [1.82, 2.24) is 0 Å².